The van der Waals surface area contributed by atoms with Crippen molar-refractivity contribution in [3.63, 3.8) is 0 Å². The zero-order chi connectivity index (χ0) is 22.4. The average molecular weight is 450 g/mol. The Bertz CT molecular complexity index is 1010. The summed E-state index contributed by atoms with van der Waals surface area (Å²) in [5.74, 6) is -1.41. The summed E-state index contributed by atoms with van der Waals surface area (Å²) in [4.78, 5) is 17.7. The zero-order valence-electron chi connectivity index (χ0n) is 17.6. The number of aromatic nitrogens is 1. The summed E-state index contributed by atoms with van der Waals surface area (Å²) in [5.41, 5.74) is 2.09. The highest BCUT2D eigenvalue weighted by Gasteiger charge is 2.25. The maximum Gasteiger partial charge on any atom is 0.356 e. The van der Waals surface area contributed by atoms with Crippen LogP contribution in [0, 0.1) is 5.82 Å². The lowest BCUT2D eigenvalue weighted by atomic mass is 10.1. The van der Waals surface area contributed by atoms with Crippen LogP contribution >= 0.6 is 0 Å². The van der Waals surface area contributed by atoms with E-state index in [0.29, 0.717) is 44.7 Å². The second-order valence-corrected chi connectivity index (χ2v) is 9.76. The van der Waals surface area contributed by atoms with Crippen LogP contribution in [0.25, 0.3) is 0 Å². The molecule has 0 bridgehead atoms. The van der Waals surface area contributed by atoms with Crippen molar-refractivity contribution < 1.29 is 22.7 Å². The number of sulfonamides is 1. The van der Waals surface area contributed by atoms with Crippen molar-refractivity contribution in [1.82, 2.24) is 9.29 Å². The first-order valence-electron chi connectivity index (χ1n) is 10.5. The van der Waals surface area contributed by atoms with E-state index in [0.717, 1.165) is 24.0 Å². The third-order valence-corrected chi connectivity index (χ3v) is 7.42. The molecule has 0 aliphatic carbocycles. The van der Waals surface area contributed by atoms with Gasteiger partial charge in [0.2, 0.25) is 10.0 Å². The molecule has 1 fully saturated rings. The van der Waals surface area contributed by atoms with Crippen molar-refractivity contribution >= 4 is 21.7 Å². The molecule has 31 heavy (non-hydrogen) atoms. The lowest BCUT2D eigenvalue weighted by Gasteiger charge is -2.25. The van der Waals surface area contributed by atoms with Crippen LogP contribution in [-0.4, -0.2) is 60.7 Å². The van der Waals surface area contributed by atoms with E-state index in [9.17, 15) is 22.7 Å². The predicted octanol–water partition coefficient (Wildman–Crippen LogP) is 3.15. The molecule has 2 heterocycles. The lowest BCUT2D eigenvalue weighted by molar-refractivity contribution is 0.0691. The summed E-state index contributed by atoms with van der Waals surface area (Å²) in [5, 5.41) is 9.59. The fraction of sp³-hybridized carbons (Fsp3) is 0.455. The molecule has 0 radical (unpaired) electrons. The molecule has 1 aromatic heterocycles. The molecule has 9 heteroatoms. The van der Waals surface area contributed by atoms with Gasteiger partial charge in [0.25, 0.3) is 0 Å². The molecule has 7 nitrogen and oxygen atoms in total. The number of nitrogens with zero attached hydrogens (tertiary/aromatic N) is 3. The van der Waals surface area contributed by atoms with Gasteiger partial charge in [0.05, 0.1) is 11.4 Å². The van der Waals surface area contributed by atoms with Crippen LogP contribution in [-0.2, 0) is 16.4 Å². The average Bonchev–Trinajstić information content (AvgIpc) is 3.29. The molecular weight excluding hydrogens is 421 g/mol. The Morgan fingerprint density at radius 3 is 2.48 bits per heavy atom. The van der Waals surface area contributed by atoms with Crippen molar-refractivity contribution in [2.45, 2.75) is 32.6 Å². The highest BCUT2D eigenvalue weighted by atomic mass is 32.2. The molecule has 1 saturated heterocycles. The summed E-state index contributed by atoms with van der Waals surface area (Å²) < 4.78 is 39.6. The second kappa shape index (κ2) is 10.2. The number of halogens is 1. The van der Waals surface area contributed by atoms with Gasteiger partial charge in [0, 0.05) is 32.4 Å². The highest BCUT2D eigenvalue weighted by molar-refractivity contribution is 7.89. The zero-order valence-corrected chi connectivity index (χ0v) is 18.4. The fourth-order valence-corrected chi connectivity index (χ4v) is 5.38. The number of benzene rings is 1. The predicted molar refractivity (Wildman–Crippen MR) is 118 cm³/mol. The van der Waals surface area contributed by atoms with E-state index in [1.54, 1.807) is 18.2 Å². The van der Waals surface area contributed by atoms with Crippen LogP contribution < -0.4 is 4.90 Å². The molecule has 168 valence electrons. The van der Waals surface area contributed by atoms with E-state index in [4.69, 9.17) is 0 Å². The maximum absolute atomic E-state index is 13.2. The van der Waals surface area contributed by atoms with Gasteiger partial charge in [0.1, 0.15) is 5.82 Å². The van der Waals surface area contributed by atoms with Gasteiger partial charge in [0.15, 0.2) is 5.69 Å². The van der Waals surface area contributed by atoms with Crippen molar-refractivity contribution in [2.24, 2.45) is 0 Å². The molecule has 0 saturated carbocycles. The van der Waals surface area contributed by atoms with E-state index in [1.165, 1.54) is 22.6 Å². The topological polar surface area (TPSA) is 90.8 Å². The molecule has 3 rings (SSSR count). The Labute approximate surface area is 182 Å². The summed E-state index contributed by atoms with van der Waals surface area (Å²) >= 11 is 0. The molecule has 1 aliphatic heterocycles. The quantitative estimate of drug-likeness (QED) is 0.599. The third kappa shape index (κ3) is 6.01. The van der Waals surface area contributed by atoms with Crippen molar-refractivity contribution in [3.05, 3.63) is 59.2 Å². The van der Waals surface area contributed by atoms with Crippen molar-refractivity contribution in [3.8, 4) is 0 Å². The number of carboxylic acid groups (broad SMARTS) is 1. The van der Waals surface area contributed by atoms with Gasteiger partial charge < -0.3 is 10.0 Å². The standard InChI is InChI=1S/C22H28FN3O4S/c1-2-25(10-5-13-31(29,30)26-11-3-4-12-26)20-15-18(16-24-21(20)22(27)28)14-17-6-8-19(23)9-7-17/h6-9,15-16H,2-5,10-14H2,1H3,(H,27,28). The van der Waals surface area contributed by atoms with Crippen LogP contribution in [0.5, 0.6) is 0 Å². The molecule has 1 aromatic carbocycles. The smallest absolute Gasteiger partial charge is 0.356 e. The van der Waals surface area contributed by atoms with Gasteiger partial charge in [-0.1, -0.05) is 12.1 Å². The Hall–Kier alpha value is -2.52. The minimum absolute atomic E-state index is 0.0363. The molecule has 0 amide bonds. The number of carboxylic acids is 1. The van der Waals surface area contributed by atoms with E-state index in [2.05, 4.69) is 4.98 Å². The minimum Gasteiger partial charge on any atom is -0.476 e. The first-order valence-corrected chi connectivity index (χ1v) is 12.1. The van der Waals surface area contributed by atoms with Gasteiger partial charge in [-0.25, -0.2) is 26.9 Å². The lowest BCUT2D eigenvalue weighted by Crippen LogP contribution is -2.33. The molecule has 0 spiro atoms. The Kier molecular flexibility index (Phi) is 7.61. The van der Waals surface area contributed by atoms with Crippen LogP contribution in [0.3, 0.4) is 0 Å². The second-order valence-electron chi connectivity index (χ2n) is 7.68. The normalized spacial score (nSPS) is 14.6. The van der Waals surface area contributed by atoms with Crippen molar-refractivity contribution in [2.75, 3.05) is 36.8 Å². The molecule has 2 aromatic rings. The van der Waals surface area contributed by atoms with Crippen LogP contribution in [0.15, 0.2) is 36.5 Å². The van der Waals surface area contributed by atoms with E-state index >= 15 is 0 Å². The van der Waals surface area contributed by atoms with Crippen molar-refractivity contribution in [1.29, 1.82) is 0 Å². The van der Waals surface area contributed by atoms with Crippen LogP contribution in [0.2, 0.25) is 0 Å². The number of anilines is 1. The summed E-state index contributed by atoms with van der Waals surface area (Å²) in [7, 11) is -3.28. The van der Waals surface area contributed by atoms with E-state index in [1.807, 2.05) is 11.8 Å². The van der Waals surface area contributed by atoms with Crippen LogP contribution in [0.1, 0.15) is 47.8 Å². The highest BCUT2D eigenvalue weighted by Crippen LogP contribution is 2.23. The van der Waals surface area contributed by atoms with Crippen LogP contribution in [0.4, 0.5) is 10.1 Å². The summed E-state index contributed by atoms with van der Waals surface area (Å²) in [6.07, 6.45) is 4.20. The van der Waals surface area contributed by atoms with Gasteiger partial charge in [-0.3, -0.25) is 0 Å². The molecular formula is C22H28FN3O4S. The van der Waals surface area contributed by atoms with E-state index < -0.39 is 16.0 Å². The van der Waals surface area contributed by atoms with Gasteiger partial charge in [-0.05, 0) is 61.9 Å². The SMILES string of the molecule is CCN(CCCS(=O)(=O)N1CCCC1)c1cc(Cc2ccc(F)cc2)cnc1C(=O)O. The number of rotatable bonds is 10. The largest absolute Gasteiger partial charge is 0.476 e. The molecule has 0 atom stereocenters. The number of pyridine rings is 1. The Morgan fingerprint density at radius 2 is 1.87 bits per heavy atom. The molecule has 1 aliphatic rings. The number of carbonyl (C=O) groups is 1. The molecule has 1 N–H and O–H groups in total. The summed E-state index contributed by atoms with van der Waals surface area (Å²) in [6, 6.07) is 7.91. The number of hydrogen-bond acceptors (Lipinski definition) is 5. The van der Waals surface area contributed by atoms with Gasteiger partial charge >= 0.3 is 5.97 Å². The van der Waals surface area contributed by atoms with Gasteiger partial charge in [-0.2, -0.15) is 0 Å². The fourth-order valence-electron chi connectivity index (χ4n) is 3.82. The monoisotopic (exact) mass is 449 g/mol. The molecule has 0 unspecified atom stereocenters. The minimum atomic E-state index is -3.28. The van der Waals surface area contributed by atoms with E-state index in [-0.39, 0.29) is 17.3 Å². The number of aromatic carboxylic acids is 1. The maximum atomic E-state index is 13.2. The number of hydrogen-bond donors (Lipinski definition) is 1. The Balaban J connectivity index is 1.74. The van der Waals surface area contributed by atoms with Gasteiger partial charge in [-0.15, -0.1) is 0 Å². The third-order valence-electron chi connectivity index (χ3n) is 5.46. The first kappa shape index (κ1) is 23.1. The first-order chi connectivity index (χ1) is 14.8. The Morgan fingerprint density at radius 1 is 1.19 bits per heavy atom. The summed E-state index contributed by atoms with van der Waals surface area (Å²) in [6.45, 7) is 3.99.